The molecule has 10 nitrogen and oxygen atoms in total. The number of hydrogen-bond donors (Lipinski definition) is 2. The molecule has 2 heterocycles. The number of nitrogens with zero attached hydrogens (tertiary/aromatic N) is 5. The van der Waals surface area contributed by atoms with Crippen LogP contribution >= 0.6 is 50.7 Å². The lowest BCUT2D eigenvalue weighted by Crippen LogP contribution is -2.37. The van der Waals surface area contributed by atoms with E-state index in [1.807, 2.05) is 42.2 Å². The molecular weight excluding hydrogens is 681 g/mol. The summed E-state index contributed by atoms with van der Waals surface area (Å²) < 4.78 is 17.8. The summed E-state index contributed by atoms with van der Waals surface area (Å²) in [5.41, 5.74) is 6.16. The minimum absolute atomic E-state index is 0.258. The average molecular weight is 708 g/mol. The largest absolute Gasteiger partial charge is 0.493 e. The Morgan fingerprint density at radius 2 is 1.77 bits per heavy atom. The highest BCUT2D eigenvalue weighted by Crippen LogP contribution is 2.32. The van der Waals surface area contributed by atoms with Crippen molar-refractivity contribution in [3.63, 3.8) is 0 Å². The minimum Gasteiger partial charge on any atom is -0.493 e. The van der Waals surface area contributed by atoms with E-state index < -0.39 is 0 Å². The summed E-state index contributed by atoms with van der Waals surface area (Å²) in [5, 5.41) is 9.30. The third kappa shape index (κ3) is 8.18. The van der Waals surface area contributed by atoms with Crippen LogP contribution in [0.5, 0.6) is 11.5 Å². The van der Waals surface area contributed by atoms with Crippen molar-refractivity contribution in [3.8, 4) is 11.5 Å². The molecular formula is C29H27BrCl3N7O3. The first-order valence-electron chi connectivity index (χ1n) is 13.1. The second-order valence-corrected chi connectivity index (χ2v) is 11.5. The molecule has 0 saturated carbocycles. The molecule has 1 aromatic heterocycles. The molecule has 1 aliphatic heterocycles. The predicted molar refractivity (Wildman–Crippen MR) is 175 cm³/mol. The molecule has 43 heavy (non-hydrogen) atoms. The van der Waals surface area contributed by atoms with E-state index in [0.717, 1.165) is 26.9 Å². The predicted octanol–water partition coefficient (Wildman–Crippen LogP) is 7.52. The topological polar surface area (TPSA) is 106 Å². The molecule has 3 aromatic carbocycles. The fourth-order valence-corrected chi connectivity index (χ4v) is 5.26. The van der Waals surface area contributed by atoms with Gasteiger partial charge in [-0.15, -0.1) is 0 Å². The van der Waals surface area contributed by atoms with E-state index >= 15 is 0 Å². The van der Waals surface area contributed by atoms with Crippen LogP contribution in [0.3, 0.4) is 0 Å². The summed E-state index contributed by atoms with van der Waals surface area (Å²) >= 11 is 22.2. The summed E-state index contributed by atoms with van der Waals surface area (Å²) in [7, 11) is 1.57. The van der Waals surface area contributed by atoms with Crippen molar-refractivity contribution in [2.45, 2.75) is 13.5 Å². The maximum Gasteiger partial charge on any atom is 0.250 e. The number of hydrazone groups is 1. The molecule has 0 aliphatic carbocycles. The number of benzene rings is 3. The summed E-state index contributed by atoms with van der Waals surface area (Å²) in [6, 6.07) is 14.5. The SMILES string of the molecule is COc1cc(C=NNc2nc(Nc3cc(Cl)c(C)cc3Br)nc(N3CCOCC3)n2)ccc1OCc1ccc(Cl)cc1Cl. The second-order valence-electron chi connectivity index (χ2n) is 9.39. The van der Waals surface area contributed by atoms with Crippen molar-refractivity contribution >= 4 is 80.5 Å². The van der Waals surface area contributed by atoms with Crippen LogP contribution in [-0.4, -0.2) is 54.6 Å². The lowest BCUT2D eigenvalue weighted by molar-refractivity contribution is 0.122. The number of nitrogens with one attached hydrogen (secondary N) is 2. The first-order valence-corrected chi connectivity index (χ1v) is 15.1. The van der Waals surface area contributed by atoms with Crippen LogP contribution in [0.4, 0.5) is 23.5 Å². The quantitative estimate of drug-likeness (QED) is 0.128. The molecule has 14 heteroatoms. The van der Waals surface area contributed by atoms with Crippen LogP contribution in [-0.2, 0) is 11.3 Å². The summed E-state index contributed by atoms with van der Waals surface area (Å²) in [4.78, 5) is 15.8. The number of aryl methyl sites for hydroxylation is 1. The first kappa shape index (κ1) is 31.1. The van der Waals surface area contributed by atoms with Gasteiger partial charge in [0.05, 0.1) is 32.2 Å². The van der Waals surface area contributed by atoms with Crippen LogP contribution < -0.4 is 25.1 Å². The van der Waals surface area contributed by atoms with Crippen molar-refractivity contribution in [3.05, 3.63) is 84.8 Å². The van der Waals surface area contributed by atoms with Crippen LogP contribution in [0.25, 0.3) is 0 Å². The van der Waals surface area contributed by atoms with Gasteiger partial charge >= 0.3 is 0 Å². The van der Waals surface area contributed by atoms with Crippen molar-refractivity contribution < 1.29 is 14.2 Å². The highest BCUT2D eigenvalue weighted by Gasteiger charge is 2.17. The van der Waals surface area contributed by atoms with Crippen LogP contribution in [0.1, 0.15) is 16.7 Å². The van der Waals surface area contributed by atoms with Crippen LogP contribution in [0.2, 0.25) is 15.1 Å². The minimum atomic E-state index is 0.258. The van der Waals surface area contributed by atoms with E-state index in [4.69, 9.17) is 49.0 Å². The molecule has 224 valence electrons. The summed E-state index contributed by atoms with van der Waals surface area (Å²) in [5.74, 6) is 2.19. The maximum absolute atomic E-state index is 6.36. The van der Waals surface area contributed by atoms with Crippen molar-refractivity contribution in [2.24, 2.45) is 5.10 Å². The maximum atomic E-state index is 6.36. The lowest BCUT2D eigenvalue weighted by atomic mass is 10.2. The number of methoxy groups -OCH3 is 1. The Bertz CT molecular complexity index is 1640. The van der Waals surface area contributed by atoms with Gasteiger partial charge in [0.25, 0.3) is 0 Å². The summed E-state index contributed by atoms with van der Waals surface area (Å²) in [6.45, 7) is 4.68. The van der Waals surface area contributed by atoms with E-state index in [9.17, 15) is 0 Å². The van der Waals surface area contributed by atoms with Gasteiger partial charge in [0.1, 0.15) is 6.61 Å². The first-order chi connectivity index (χ1) is 20.8. The monoisotopic (exact) mass is 705 g/mol. The van der Waals surface area contributed by atoms with Gasteiger partial charge in [0, 0.05) is 38.2 Å². The number of halogens is 4. The molecule has 5 rings (SSSR count). The molecule has 0 atom stereocenters. The smallest absolute Gasteiger partial charge is 0.250 e. The van der Waals surface area contributed by atoms with Gasteiger partial charge in [-0.25, -0.2) is 5.43 Å². The average Bonchev–Trinajstić information content (AvgIpc) is 3.00. The Labute approximate surface area is 272 Å². The Hall–Kier alpha value is -3.35. The molecule has 0 unspecified atom stereocenters. The third-order valence-electron chi connectivity index (χ3n) is 6.38. The van der Waals surface area contributed by atoms with E-state index in [-0.39, 0.29) is 12.6 Å². The van der Waals surface area contributed by atoms with Gasteiger partial charge in [0.15, 0.2) is 11.5 Å². The Kier molecular flexibility index (Phi) is 10.4. The van der Waals surface area contributed by atoms with E-state index in [0.29, 0.717) is 64.8 Å². The normalized spacial score (nSPS) is 13.3. The van der Waals surface area contributed by atoms with E-state index in [1.165, 1.54) is 0 Å². The van der Waals surface area contributed by atoms with Gasteiger partial charge in [-0.1, -0.05) is 40.9 Å². The second kappa shape index (κ2) is 14.4. The van der Waals surface area contributed by atoms with Crippen molar-refractivity contribution in [1.82, 2.24) is 15.0 Å². The highest BCUT2D eigenvalue weighted by atomic mass is 79.9. The zero-order chi connectivity index (χ0) is 30.3. The zero-order valence-corrected chi connectivity index (χ0v) is 27.1. The van der Waals surface area contributed by atoms with Gasteiger partial charge in [-0.3, -0.25) is 0 Å². The number of ether oxygens (including phenoxy) is 3. The number of rotatable bonds is 10. The highest BCUT2D eigenvalue weighted by molar-refractivity contribution is 9.10. The molecule has 0 spiro atoms. The Balaban J connectivity index is 1.32. The number of aromatic nitrogens is 3. The standard InChI is InChI=1S/C29H27BrCl3N7O3/c1-17-11-21(30)24(14-22(17)32)35-27-36-28(38-29(37-27)40-7-9-42-10-8-40)39-34-15-18-3-6-25(26(12-18)41-2)43-16-19-4-5-20(31)13-23(19)33/h3-6,11-15H,7-10,16H2,1-2H3,(H2,35,36,37,38,39). The van der Waals surface area contributed by atoms with Gasteiger partial charge in [-0.05, 0) is 76.4 Å². The molecule has 0 bridgehead atoms. The van der Waals surface area contributed by atoms with E-state index in [2.05, 4.69) is 46.7 Å². The fraction of sp³-hybridized carbons (Fsp3) is 0.241. The fourth-order valence-electron chi connectivity index (χ4n) is 4.08. The molecule has 1 saturated heterocycles. The number of hydrogen-bond acceptors (Lipinski definition) is 10. The van der Waals surface area contributed by atoms with Crippen molar-refractivity contribution in [1.29, 1.82) is 0 Å². The Morgan fingerprint density at radius 1 is 0.977 bits per heavy atom. The molecule has 1 aliphatic rings. The molecule has 1 fully saturated rings. The van der Waals surface area contributed by atoms with Crippen LogP contribution in [0.15, 0.2) is 58.1 Å². The molecule has 2 N–H and O–H groups in total. The molecule has 0 amide bonds. The van der Waals surface area contributed by atoms with Crippen molar-refractivity contribution in [2.75, 3.05) is 49.1 Å². The zero-order valence-electron chi connectivity index (χ0n) is 23.2. The van der Waals surface area contributed by atoms with Gasteiger partial charge < -0.3 is 24.4 Å². The summed E-state index contributed by atoms with van der Waals surface area (Å²) in [6.07, 6.45) is 1.63. The van der Waals surface area contributed by atoms with E-state index in [1.54, 1.807) is 31.5 Å². The number of anilines is 4. The van der Waals surface area contributed by atoms with Gasteiger partial charge in [-0.2, -0.15) is 20.1 Å². The molecule has 0 radical (unpaired) electrons. The number of morpholine rings is 1. The van der Waals surface area contributed by atoms with Crippen LogP contribution in [0, 0.1) is 6.92 Å². The van der Waals surface area contributed by atoms with Gasteiger partial charge in [0.2, 0.25) is 17.8 Å². The lowest BCUT2D eigenvalue weighted by Gasteiger charge is -2.27. The molecule has 4 aromatic rings. The Morgan fingerprint density at radius 3 is 2.53 bits per heavy atom. The third-order valence-corrected chi connectivity index (χ3v) is 8.03.